The van der Waals surface area contributed by atoms with Crippen LogP contribution in [-0.4, -0.2) is 28.3 Å². The van der Waals surface area contributed by atoms with E-state index in [0.717, 1.165) is 36.8 Å². The Bertz CT molecular complexity index is 676. The molecule has 25 heavy (non-hydrogen) atoms. The van der Waals surface area contributed by atoms with Gasteiger partial charge in [-0.2, -0.15) is 0 Å². The molecule has 1 saturated carbocycles. The molecular formula is C21H25NO3. The smallest absolute Gasteiger partial charge is 0.228 e. The summed E-state index contributed by atoms with van der Waals surface area (Å²) in [4.78, 5) is 12.9. The van der Waals surface area contributed by atoms with Gasteiger partial charge in [-0.3, -0.25) is 4.79 Å². The van der Waals surface area contributed by atoms with Gasteiger partial charge in [-0.15, -0.1) is 0 Å². The SMILES string of the molecule is O=C(NC1CCC(O)CC1)[C@H](Cc1ccc(O)cc1)c1ccccc1. The minimum absolute atomic E-state index is 0.0284. The molecule has 0 spiro atoms. The van der Waals surface area contributed by atoms with Gasteiger partial charge in [0.05, 0.1) is 12.0 Å². The summed E-state index contributed by atoms with van der Waals surface area (Å²) in [6.07, 6.45) is 3.51. The molecule has 1 amide bonds. The molecule has 132 valence electrons. The van der Waals surface area contributed by atoms with Crippen molar-refractivity contribution in [1.82, 2.24) is 5.32 Å². The van der Waals surface area contributed by atoms with Crippen molar-refractivity contribution in [2.45, 2.75) is 50.2 Å². The predicted molar refractivity (Wildman–Crippen MR) is 97.4 cm³/mol. The van der Waals surface area contributed by atoms with Crippen LogP contribution in [0.15, 0.2) is 54.6 Å². The van der Waals surface area contributed by atoms with Crippen molar-refractivity contribution < 1.29 is 15.0 Å². The normalized spacial score (nSPS) is 21.5. The number of amides is 1. The number of aliphatic hydroxyl groups is 1. The number of hydrogen-bond donors (Lipinski definition) is 3. The summed E-state index contributed by atoms with van der Waals surface area (Å²) in [5.74, 6) is -0.0107. The Morgan fingerprint density at radius 3 is 2.28 bits per heavy atom. The number of hydrogen-bond acceptors (Lipinski definition) is 3. The summed E-state index contributed by atoms with van der Waals surface area (Å²) in [5.41, 5.74) is 2.00. The van der Waals surface area contributed by atoms with Crippen molar-refractivity contribution in [2.24, 2.45) is 0 Å². The monoisotopic (exact) mass is 339 g/mol. The van der Waals surface area contributed by atoms with Crippen molar-refractivity contribution in [3.63, 3.8) is 0 Å². The fourth-order valence-corrected chi connectivity index (χ4v) is 3.44. The van der Waals surface area contributed by atoms with Gasteiger partial charge in [0.2, 0.25) is 5.91 Å². The lowest BCUT2D eigenvalue weighted by molar-refractivity contribution is -0.123. The topological polar surface area (TPSA) is 69.6 Å². The highest BCUT2D eigenvalue weighted by molar-refractivity contribution is 5.84. The van der Waals surface area contributed by atoms with Gasteiger partial charge >= 0.3 is 0 Å². The van der Waals surface area contributed by atoms with Gasteiger partial charge in [0.1, 0.15) is 5.75 Å². The van der Waals surface area contributed by atoms with Crippen molar-refractivity contribution in [3.8, 4) is 5.75 Å². The number of carbonyl (C=O) groups is 1. The molecule has 3 N–H and O–H groups in total. The van der Waals surface area contributed by atoms with E-state index in [9.17, 15) is 15.0 Å². The van der Waals surface area contributed by atoms with Crippen LogP contribution in [0.2, 0.25) is 0 Å². The molecule has 0 bridgehead atoms. The van der Waals surface area contributed by atoms with Crippen LogP contribution in [0.25, 0.3) is 0 Å². The summed E-state index contributed by atoms with van der Waals surface area (Å²) in [7, 11) is 0. The number of carbonyl (C=O) groups excluding carboxylic acids is 1. The Balaban J connectivity index is 1.73. The number of rotatable bonds is 5. The molecule has 4 heteroatoms. The molecule has 2 aromatic carbocycles. The summed E-state index contributed by atoms with van der Waals surface area (Å²) in [5, 5.41) is 22.3. The molecule has 1 aliphatic rings. The average molecular weight is 339 g/mol. The van der Waals surface area contributed by atoms with E-state index in [-0.39, 0.29) is 29.7 Å². The number of aliphatic hydroxyl groups excluding tert-OH is 1. The Morgan fingerprint density at radius 2 is 1.64 bits per heavy atom. The first-order valence-corrected chi connectivity index (χ1v) is 8.93. The molecule has 3 rings (SSSR count). The van der Waals surface area contributed by atoms with E-state index in [1.807, 2.05) is 42.5 Å². The maximum atomic E-state index is 12.9. The van der Waals surface area contributed by atoms with E-state index in [2.05, 4.69) is 5.32 Å². The molecule has 0 heterocycles. The van der Waals surface area contributed by atoms with Crippen molar-refractivity contribution in [3.05, 3.63) is 65.7 Å². The molecule has 2 aromatic rings. The quantitative estimate of drug-likeness (QED) is 0.784. The molecule has 0 radical (unpaired) electrons. The molecule has 0 saturated heterocycles. The highest BCUT2D eigenvalue weighted by atomic mass is 16.3. The lowest BCUT2D eigenvalue weighted by Crippen LogP contribution is -2.41. The lowest BCUT2D eigenvalue weighted by Gasteiger charge is -2.28. The van der Waals surface area contributed by atoms with E-state index in [1.54, 1.807) is 12.1 Å². The first-order valence-electron chi connectivity index (χ1n) is 8.93. The Kier molecular flexibility index (Phi) is 5.71. The molecular weight excluding hydrogens is 314 g/mol. The minimum Gasteiger partial charge on any atom is -0.508 e. The standard InChI is InChI=1S/C21H25NO3/c23-18-10-6-15(7-11-18)14-20(16-4-2-1-3-5-16)21(25)22-17-8-12-19(24)13-9-17/h1-7,10-11,17,19-20,23-24H,8-9,12-14H2,(H,22,25)/t17?,19?,20-/m1/s1. The first kappa shape index (κ1) is 17.5. The van der Waals surface area contributed by atoms with E-state index in [1.165, 1.54) is 0 Å². The third kappa shape index (κ3) is 4.83. The Hall–Kier alpha value is -2.33. The Morgan fingerprint density at radius 1 is 1.00 bits per heavy atom. The molecule has 1 aliphatic carbocycles. The third-order valence-electron chi connectivity index (χ3n) is 4.94. The van der Waals surface area contributed by atoms with Crippen LogP contribution in [0, 0.1) is 0 Å². The van der Waals surface area contributed by atoms with E-state index < -0.39 is 0 Å². The maximum Gasteiger partial charge on any atom is 0.228 e. The van der Waals surface area contributed by atoms with E-state index >= 15 is 0 Å². The molecule has 1 fully saturated rings. The largest absolute Gasteiger partial charge is 0.508 e. The summed E-state index contributed by atoms with van der Waals surface area (Å²) >= 11 is 0. The van der Waals surface area contributed by atoms with Crippen molar-refractivity contribution in [1.29, 1.82) is 0 Å². The summed E-state index contributed by atoms with van der Waals surface area (Å²) < 4.78 is 0. The zero-order chi connectivity index (χ0) is 17.6. The fourth-order valence-electron chi connectivity index (χ4n) is 3.44. The van der Waals surface area contributed by atoms with Gasteiger partial charge in [0, 0.05) is 6.04 Å². The van der Waals surface area contributed by atoms with E-state index in [0.29, 0.717) is 6.42 Å². The van der Waals surface area contributed by atoms with Gasteiger partial charge in [-0.1, -0.05) is 42.5 Å². The Labute approximate surface area is 148 Å². The zero-order valence-corrected chi connectivity index (χ0v) is 14.3. The number of aromatic hydroxyl groups is 1. The number of phenolic OH excluding ortho intramolecular Hbond substituents is 1. The van der Waals surface area contributed by atoms with Gasteiger partial charge < -0.3 is 15.5 Å². The minimum atomic E-state index is -0.266. The van der Waals surface area contributed by atoms with Gasteiger partial charge in [0.15, 0.2) is 0 Å². The summed E-state index contributed by atoms with van der Waals surface area (Å²) in [6, 6.07) is 17.0. The van der Waals surface area contributed by atoms with Crippen LogP contribution < -0.4 is 5.32 Å². The van der Waals surface area contributed by atoms with Crippen LogP contribution in [0.5, 0.6) is 5.75 Å². The second-order valence-corrected chi connectivity index (χ2v) is 6.85. The van der Waals surface area contributed by atoms with Crippen molar-refractivity contribution >= 4 is 5.91 Å². The van der Waals surface area contributed by atoms with Gasteiger partial charge in [-0.05, 0) is 55.4 Å². The fraction of sp³-hybridized carbons (Fsp3) is 0.381. The second kappa shape index (κ2) is 8.17. The number of nitrogens with one attached hydrogen (secondary N) is 1. The third-order valence-corrected chi connectivity index (χ3v) is 4.94. The number of phenols is 1. The molecule has 4 nitrogen and oxygen atoms in total. The van der Waals surface area contributed by atoms with Crippen LogP contribution in [0.4, 0.5) is 0 Å². The highest BCUT2D eigenvalue weighted by Gasteiger charge is 2.26. The van der Waals surface area contributed by atoms with Crippen LogP contribution >= 0.6 is 0 Å². The predicted octanol–water partition coefficient (Wildman–Crippen LogP) is 3.14. The first-order chi connectivity index (χ1) is 12.1. The van der Waals surface area contributed by atoms with E-state index in [4.69, 9.17) is 0 Å². The zero-order valence-electron chi connectivity index (χ0n) is 14.3. The molecule has 0 aliphatic heterocycles. The van der Waals surface area contributed by atoms with Gasteiger partial charge in [-0.25, -0.2) is 0 Å². The highest BCUT2D eigenvalue weighted by Crippen LogP contribution is 2.24. The number of benzene rings is 2. The molecule has 1 atom stereocenters. The lowest BCUT2D eigenvalue weighted by atomic mass is 9.89. The second-order valence-electron chi connectivity index (χ2n) is 6.85. The average Bonchev–Trinajstić information content (AvgIpc) is 2.64. The van der Waals surface area contributed by atoms with Crippen molar-refractivity contribution in [2.75, 3.05) is 0 Å². The van der Waals surface area contributed by atoms with Crippen LogP contribution in [-0.2, 0) is 11.2 Å². The maximum absolute atomic E-state index is 12.9. The van der Waals surface area contributed by atoms with Gasteiger partial charge in [0.25, 0.3) is 0 Å². The summed E-state index contributed by atoms with van der Waals surface area (Å²) in [6.45, 7) is 0. The van der Waals surface area contributed by atoms with Crippen LogP contribution in [0.3, 0.4) is 0 Å². The molecule has 0 aromatic heterocycles. The van der Waals surface area contributed by atoms with Crippen LogP contribution in [0.1, 0.15) is 42.7 Å². The molecule has 0 unspecified atom stereocenters.